The molecule has 4 N–H and O–H groups in total. The number of halogens is 1. The van der Waals surface area contributed by atoms with E-state index in [2.05, 4.69) is 25.3 Å². The average molecular weight is 436 g/mol. The smallest absolute Gasteiger partial charge is 0.131 e. The van der Waals surface area contributed by atoms with E-state index in [-0.39, 0.29) is 12.6 Å². The molecule has 0 radical (unpaired) electrons. The molecule has 0 bridgehead atoms. The van der Waals surface area contributed by atoms with Gasteiger partial charge in [-0.15, -0.1) is 0 Å². The summed E-state index contributed by atoms with van der Waals surface area (Å²) in [6.07, 6.45) is 5.20. The first-order valence-electron chi connectivity index (χ1n) is 10.1. The van der Waals surface area contributed by atoms with E-state index in [4.69, 9.17) is 17.3 Å². The summed E-state index contributed by atoms with van der Waals surface area (Å²) >= 11 is 6.27. The number of fused-ring (bicyclic) bond motifs is 2. The fourth-order valence-electron chi connectivity index (χ4n) is 4.03. The van der Waals surface area contributed by atoms with E-state index in [1.54, 1.807) is 12.4 Å². The van der Waals surface area contributed by atoms with Gasteiger partial charge in [0.15, 0.2) is 0 Å². The van der Waals surface area contributed by atoms with Gasteiger partial charge in [0.25, 0.3) is 0 Å². The molecule has 31 heavy (non-hydrogen) atoms. The Balaban J connectivity index is 1.30. The standard InChI is InChI=1S/C22H22ClN7O/c23-18-12-27-22(24)16-3-2-15(9-17(16)18)25-10-14-1-4-21(26-11-14)29-7-8-30-19(5-6-28-30)20(29)13-31/h1-6,9,11-12,20,25,31H,7-8,10,13H2,(H2,24,27). The Morgan fingerprint density at radius 2 is 2.00 bits per heavy atom. The van der Waals surface area contributed by atoms with E-state index >= 15 is 0 Å². The molecule has 1 aliphatic rings. The van der Waals surface area contributed by atoms with Crippen molar-refractivity contribution in [2.75, 3.05) is 29.1 Å². The minimum atomic E-state index is -0.142. The van der Waals surface area contributed by atoms with Crippen molar-refractivity contribution in [2.24, 2.45) is 0 Å². The molecular weight excluding hydrogens is 414 g/mol. The number of anilines is 3. The molecule has 0 spiro atoms. The van der Waals surface area contributed by atoms with Gasteiger partial charge in [0, 0.05) is 48.1 Å². The third kappa shape index (κ3) is 3.64. The number of benzene rings is 1. The van der Waals surface area contributed by atoms with Crippen LogP contribution in [-0.2, 0) is 13.1 Å². The van der Waals surface area contributed by atoms with E-state index in [0.717, 1.165) is 46.6 Å². The first-order valence-corrected chi connectivity index (χ1v) is 10.4. The van der Waals surface area contributed by atoms with Crippen LogP contribution in [0.2, 0.25) is 5.02 Å². The van der Waals surface area contributed by atoms with Crippen LogP contribution in [0.25, 0.3) is 10.8 Å². The summed E-state index contributed by atoms with van der Waals surface area (Å²) in [7, 11) is 0. The van der Waals surface area contributed by atoms with Gasteiger partial charge in [0.2, 0.25) is 0 Å². The van der Waals surface area contributed by atoms with E-state index in [9.17, 15) is 5.11 Å². The first kappa shape index (κ1) is 19.6. The zero-order valence-corrected chi connectivity index (χ0v) is 17.5. The number of aliphatic hydroxyl groups excluding tert-OH is 1. The molecule has 0 amide bonds. The summed E-state index contributed by atoms with van der Waals surface area (Å²) in [6, 6.07) is 11.7. The van der Waals surface area contributed by atoms with Crippen molar-refractivity contribution >= 4 is 39.7 Å². The highest BCUT2D eigenvalue weighted by Crippen LogP contribution is 2.30. The van der Waals surface area contributed by atoms with Gasteiger partial charge < -0.3 is 21.1 Å². The lowest BCUT2D eigenvalue weighted by Gasteiger charge is -2.36. The number of hydrogen-bond acceptors (Lipinski definition) is 7. The van der Waals surface area contributed by atoms with Gasteiger partial charge in [0.1, 0.15) is 11.6 Å². The molecule has 4 heterocycles. The largest absolute Gasteiger partial charge is 0.394 e. The molecule has 0 saturated carbocycles. The predicted octanol–water partition coefficient (Wildman–Crippen LogP) is 3.23. The lowest BCUT2D eigenvalue weighted by Crippen LogP contribution is -2.40. The van der Waals surface area contributed by atoms with Crippen molar-refractivity contribution in [1.29, 1.82) is 0 Å². The molecule has 1 aliphatic heterocycles. The lowest BCUT2D eigenvalue weighted by molar-refractivity contribution is 0.243. The Kier molecular flexibility index (Phi) is 5.09. The minimum Gasteiger partial charge on any atom is -0.394 e. The number of nitrogen functional groups attached to an aromatic ring is 1. The number of aliphatic hydroxyl groups is 1. The highest BCUT2D eigenvalue weighted by Gasteiger charge is 2.28. The van der Waals surface area contributed by atoms with Gasteiger partial charge in [-0.05, 0) is 35.9 Å². The van der Waals surface area contributed by atoms with Gasteiger partial charge in [-0.3, -0.25) is 4.68 Å². The van der Waals surface area contributed by atoms with Gasteiger partial charge in [-0.1, -0.05) is 17.7 Å². The third-order valence-electron chi connectivity index (χ3n) is 5.66. The molecule has 0 aliphatic carbocycles. The molecular formula is C22H22ClN7O. The van der Waals surface area contributed by atoms with Crippen LogP contribution < -0.4 is 16.0 Å². The molecule has 9 heteroatoms. The molecule has 5 rings (SSSR count). The van der Waals surface area contributed by atoms with Crippen LogP contribution in [0.15, 0.2) is 55.0 Å². The SMILES string of the molecule is Nc1ncc(Cl)c2cc(NCc3ccc(N4CCn5nccc5C4CO)nc3)ccc12. The van der Waals surface area contributed by atoms with Gasteiger partial charge in [0.05, 0.1) is 29.9 Å². The van der Waals surface area contributed by atoms with Crippen LogP contribution in [0, 0.1) is 0 Å². The molecule has 0 saturated heterocycles. The topological polar surface area (TPSA) is 105 Å². The van der Waals surface area contributed by atoms with Crippen molar-refractivity contribution in [1.82, 2.24) is 19.7 Å². The van der Waals surface area contributed by atoms with E-state index < -0.39 is 0 Å². The molecule has 8 nitrogen and oxygen atoms in total. The third-order valence-corrected chi connectivity index (χ3v) is 5.96. The van der Waals surface area contributed by atoms with Crippen molar-refractivity contribution in [3.63, 3.8) is 0 Å². The second-order valence-electron chi connectivity index (χ2n) is 7.50. The van der Waals surface area contributed by atoms with Crippen LogP contribution in [0.3, 0.4) is 0 Å². The van der Waals surface area contributed by atoms with E-state index in [0.29, 0.717) is 17.4 Å². The Hall–Kier alpha value is -3.36. The Labute approximate surface area is 184 Å². The molecule has 1 aromatic carbocycles. The summed E-state index contributed by atoms with van der Waals surface area (Å²) in [5.41, 5.74) is 8.93. The van der Waals surface area contributed by atoms with Gasteiger partial charge in [-0.2, -0.15) is 5.10 Å². The highest BCUT2D eigenvalue weighted by atomic mass is 35.5. The lowest BCUT2D eigenvalue weighted by atomic mass is 10.1. The van der Waals surface area contributed by atoms with Crippen LogP contribution in [-0.4, -0.2) is 38.0 Å². The Morgan fingerprint density at radius 3 is 2.81 bits per heavy atom. The summed E-state index contributed by atoms with van der Waals surface area (Å²) in [4.78, 5) is 10.9. The zero-order valence-electron chi connectivity index (χ0n) is 16.7. The quantitative estimate of drug-likeness (QED) is 0.442. The zero-order chi connectivity index (χ0) is 21.4. The number of nitrogens with zero attached hydrogens (tertiary/aromatic N) is 5. The maximum atomic E-state index is 9.92. The number of pyridine rings is 2. The average Bonchev–Trinajstić information content (AvgIpc) is 3.29. The minimum absolute atomic E-state index is 0.0151. The molecule has 0 fully saturated rings. The fourth-order valence-corrected chi connectivity index (χ4v) is 4.24. The van der Waals surface area contributed by atoms with Crippen LogP contribution in [0.1, 0.15) is 17.3 Å². The van der Waals surface area contributed by atoms with Crippen LogP contribution in [0.5, 0.6) is 0 Å². The predicted molar refractivity (Wildman–Crippen MR) is 122 cm³/mol. The van der Waals surface area contributed by atoms with Crippen LogP contribution >= 0.6 is 11.6 Å². The van der Waals surface area contributed by atoms with Gasteiger partial charge in [-0.25, -0.2) is 9.97 Å². The van der Waals surface area contributed by atoms with Crippen molar-refractivity contribution in [2.45, 2.75) is 19.1 Å². The van der Waals surface area contributed by atoms with Crippen molar-refractivity contribution < 1.29 is 5.11 Å². The molecule has 158 valence electrons. The Bertz CT molecular complexity index is 1220. The molecule has 3 aromatic heterocycles. The van der Waals surface area contributed by atoms with Crippen molar-refractivity contribution in [3.8, 4) is 0 Å². The molecule has 1 unspecified atom stereocenters. The summed E-state index contributed by atoms with van der Waals surface area (Å²) in [6.45, 7) is 2.16. The molecule has 4 aromatic rings. The first-order chi connectivity index (χ1) is 15.1. The fraction of sp³-hybridized carbons (Fsp3) is 0.227. The second-order valence-corrected chi connectivity index (χ2v) is 7.91. The summed E-state index contributed by atoms with van der Waals surface area (Å²) in [5.74, 6) is 1.31. The monoisotopic (exact) mass is 435 g/mol. The number of nitrogens with one attached hydrogen (secondary N) is 1. The highest BCUT2D eigenvalue weighted by molar-refractivity contribution is 6.35. The van der Waals surface area contributed by atoms with Crippen molar-refractivity contribution in [3.05, 3.63) is 71.3 Å². The molecule has 1 atom stereocenters. The summed E-state index contributed by atoms with van der Waals surface area (Å²) < 4.78 is 1.94. The number of rotatable bonds is 5. The maximum Gasteiger partial charge on any atom is 0.131 e. The van der Waals surface area contributed by atoms with E-state index in [1.807, 2.05) is 47.3 Å². The number of hydrogen-bond donors (Lipinski definition) is 3. The van der Waals surface area contributed by atoms with Crippen LogP contribution in [0.4, 0.5) is 17.3 Å². The summed E-state index contributed by atoms with van der Waals surface area (Å²) in [5, 5.41) is 19.9. The second kappa shape index (κ2) is 8.05. The normalized spacial score (nSPS) is 15.8. The van der Waals surface area contributed by atoms with E-state index in [1.165, 1.54) is 0 Å². The Morgan fingerprint density at radius 1 is 1.10 bits per heavy atom. The number of aromatic nitrogens is 4. The maximum absolute atomic E-state index is 9.92. The van der Waals surface area contributed by atoms with Gasteiger partial charge >= 0.3 is 0 Å². The number of nitrogens with two attached hydrogens (primary N) is 1.